The van der Waals surface area contributed by atoms with E-state index in [2.05, 4.69) is 85.8 Å². The van der Waals surface area contributed by atoms with Crippen molar-refractivity contribution in [3.8, 4) is 0 Å². The van der Waals surface area contributed by atoms with Crippen LogP contribution in [0, 0.1) is 6.92 Å². The maximum absolute atomic E-state index is 6.06. The third-order valence-corrected chi connectivity index (χ3v) is 9.30. The van der Waals surface area contributed by atoms with Gasteiger partial charge in [-0.15, -0.1) is 11.8 Å². The second kappa shape index (κ2) is 13.3. The summed E-state index contributed by atoms with van der Waals surface area (Å²) in [6.45, 7) is 2.84. The molecular formula is C33H43NS. The first-order valence-electron chi connectivity index (χ1n) is 13.8. The summed E-state index contributed by atoms with van der Waals surface area (Å²) in [4.78, 5) is 0. The second-order valence-electron chi connectivity index (χ2n) is 10.3. The number of nitrogens with two attached hydrogens (primary N) is 1. The van der Waals surface area contributed by atoms with Gasteiger partial charge in [-0.25, -0.2) is 0 Å². The lowest BCUT2D eigenvalue weighted by Crippen LogP contribution is -2.27. The van der Waals surface area contributed by atoms with Crippen LogP contribution in [0.4, 0.5) is 0 Å². The van der Waals surface area contributed by atoms with Gasteiger partial charge in [-0.2, -0.15) is 0 Å². The lowest BCUT2D eigenvalue weighted by molar-refractivity contribution is 0.514. The third-order valence-electron chi connectivity index (χ3n) is 7.72. The lowest BCUT2D eigenvalue weighted by atomic mass is 9.82. The Hall–Kier alpha value is -2.03. The van der Waals surface area contributed by atoms with Crippen LogP contribution < -0.4 is 5.73 Å². The van der Waals surface area contributed by atoms with Crippen molar-refractivity contribution in [3.63, 3.8) is 0 Å². The molecular weight excluding hydrogens is 442 g/mol. The van der Waals surface area contributed by atoms with Gasteiger partial charge in [0.15, 0.2) is 0 Å². The molecule has 1 atom stereocenters. The molecule has 2 N–H and O–H groups in total. The van der Waals surface area contributed by atoms with Crippen LogP contribution in [0.3, 0.4) is 0 Å². The van der Waals surface area contributed by atoms with Crippen molar-refractivity contribution in [1.29, 1.82) is 0 Å². The molecule has 0 amide bonds. The van der Waals surface area contributed by atoms with Crippen molar-refractivity contribution in [2.75, 3.05) is 12.3 Å². The van der Waals surface area contributed by atoms with E-state index in [9.17, 15) is 0 Å². The molecule has 0 aliphatic heterocycles. The number of rotatable bonds is 7. The highest BCUT2D eigenvalue weighted by Crippen LogP contribution is 2.48. The Balaban J connectivity index is 1.71. The van der Waals surface area contributed by atoms with Gasteiger partial charge >= 0.3 is 0 Å². The molecule has 3 aromatic rings. The van der Waals surface area contributed by atoms with Crippen molar-refractivity contribution in [3.05, 3.63) is 107 Å². The summed E-state index contributed by atoms with van der Waals surface area (Å²) in [7, 11) is 0. The Labute approximate surface area is 217 Å². The van der Waals surface area contributed by atoms with Crippen LogP contribution in [0.2, 0.25) is 0 Å². The summed E-state index contributed by atoms with van der Waals surface area (Å²) < 4.78 is -0.263. The first kappa shape index (κ1) is 26.0. The van der Waals surface area contributed by atoms with E-state index >= 15 is 0 Å². The molecule has 0 radical (unpaired) electrons. The SMILES string of the molecule is Cc1ccc(C(SCCN)(c2ccccc2)c2ccc(C3CCCCCCCCCC3)cc2)cc1. The fourth-order valence-corrected chi connectivity index (χ4v) is 7.07. The Morgan fingerprint density at radius 3 is 1.69 bits per heavy atom. The minimum Gasteiger partial charge on any atom is -0.330 e. The second-order valence-corrected chi connectivity index (χ2v) is 11.6. The van der Waals surface area contributed by atoms with Crippen LogP contribution >= 0.6 is 11.8 Å². The highest BCUT2D eigenvalue weighted by atomic mass is 32.2. The molecule has 0 spiro atoms. The van der Waals surface area contributed by atoms with E-state index in [0.29, 0.717) is 12.5 Å². The van der Waals surface area contributed by atoms with Crippen molar-refractivity contribution in [2.45, 2.75) is 81.8 Å². The molecule has 3 aromatic carbocycles. The molecule has 1 fully saturated rings. The molecule has 1 aliphatic carbocycles. The fraction of sp³-hybridized carbons (Fsp3) is 0.455. The summed E-state index contributed by atoms with van der Waals surface area (Å²) in [6.07, 6.45) is 13.9. The zero-order valence-corrected chi connectivity index (χ0v) is 22.4. The molecule has 186 valence electrons. The molecule has 1 unspecified atom stereocenters. The fourth-order valence-electron chi connectivity index (χ4n) is 5.73. The molecule has 2 heteroatoms. The van der Waals surface area contributed by atoms with Crippen LogP contribution in [0.1, 0.15) is 97.9 Å². The Morgan fingerprint density at radius 1 is 0.657 bits per heavy atom. The summed E-state index contributed by atoms with van der Waals surface area (Å²) in [5.74, 6) is 1.61. The van der Waals surface area contributed by atoms with Gasteiger partial charge in [-0.1, -0.05) is 136 Å². The van der Waals surface area contributed by atoms with Crippen LogP contribution in [-0.2, 0) is 4.75 Å². The van der Waals surface area contributed by atoms with E-state index in [1.165, 1.54) is 92.0 Å². The van der Waals surface area contributed by atoms with E-state index in [0.717, 1.165) is 5.75 Å². The molecule has 4 rings (SSSR count). The predicted molar refractivity (Wildman–Crippen MR) is 154 cm³/mol. The molecule has 0 aromatic heterocycles. The van der Waals surface area contributed by atoms with Crippen LogP contribution in [-0.4, -0.2) is 12.3 Å². The molecule has 1 nitrogen and oxygen atoms in total. The Kier molecular flexibility index (Phi) is 9.92. The van der Waals surface area contributed by atoms with Gasteiger partial charge in [0.2, 0.25) is 0 Å². The van der Waals surface area contributed by atoms with Crippen molar-refractivity contribution in [1.82, 2.24) is 0 Å². The van der Waals surface area contributed by atoms with Gasteiger partial charge in [-0.05, 0) is 47.9 Å². The van der Waals surface area contributed by atoms with E-state index in [-0.39, 0.29) is 4.75 Å². The standard InChI is InChI=1S/C33H43NS/c1-27-17-21-31(22-18-27)33(35-26-25-34,30-15-11-8-12-16-30)32-23-19-29(20-24-32)28-13-9-6-4-2-3-5-7-10-14-28/h8,11-12,15-24,28H,2-7,9-10,13-14,25-26,34H2,1H3. The van der Waals surface area contributed by atoms with Crippen LogP contribution in [0.5, 0.6) is 0 Å². The molecule has 35 heavy (non-hydrogen) atoms. The monoisotopic (exact) mass is 485 g/mol. The number of aryl methyl sites for hydroxylation is 1. The van der Waals surface area contributed by atoms with Gasteiger partial charge in [0.25, 0.3) is 0 Å². The maximum Gasteiger partial charge on any atom is 0.0907 e. The highest BCUT2D eigenvalue weighted by Gasteiger charge is 2.36. The first-order chi connectivity index (χ1) is 17.2. The summed E-state index contributed by atoms with van der Waals surface area (Å²) in [5, 5.41) is 0. The molecule has 1 aliphatic rings. The smallest absolute Gasteiger partial charge is 0.0907 e. The number of thioether (sulfide) groups is 1. The molecule has 0 bridgehead atoms. The largest absolute Gasteiger partial charge is 0.330 e. The van der Waals surface area contributed by atoms with Crippen LogP contribution in [0.25, 0.3) is 0 Å². The van der Waals surface area contributed by atoms with Gasteiger partial charge in [0, 0.05) is 12.3 Å². The van der Waals surface area contributed by atoms with Crippen LogP contribution in [0.15, 0.2) is 78.9 Å². The topological polar surface area (TPSA) is 26.0 Å². The number of benzene rings is 3. The lowest BCUT2D eigenvalue weighted by Gasteiger charge is -2.36. The maximum atomic E-state index is 6.06. The van der Waals surface area contributed by atoms with Gasteiger partial charge in [0.1, 0.15) is 0 Å². The number of hydrogen-bond donors (Lipinski definition) is 1. The Bertz CT molecular complexity index is 984. The first-order valence-corrected chi connectivity index (χ1v) is 14.8. The Morgan fingerprint density at radius 2 is 1.14 bits per heavy atom. The van der Waals surface area contributed by atoms with Gasteiger partial charge < -0.3 is 5.73 Å². The average molecular weight is 486 g/mol. The zero-order chi connectivity index (χ0) is 24.3. The minimum atomic E-state index is -0.263. The van der Waals surface area contributed by atoms with Gasteiger partial charge in [-0.3, -0.25) is 0 Å². The highest BCUT2D eigenvalue weighted by molar-refractivity contribution is 8.00. The normalized spacial score (nSPS) is 17.9. The van der Waals surface area contributed by atoms with E-state index in [4.69, 9.17) is 5.73 Å². The van der Waals surface area contributed by atoms with Crippen molar-refractivity contribution < 1.29 is 0 Å². The van der Waals surface area contributed by atoms with E-state index in [1.54, 1.807) is 0 Å². The minimum absolute atomic E-state index is 0.263. The molecule has 0 saturated heterocycles. The summed E-state index contributed by atoms with van der Waals surface area (Å²) in [5.41, 5.74) is 12.9. The van der Waals surface area contributed by atoms with E-state index in [1.807, 2.05) is 11.8 Å². The number of hydrogen-bond acceptors (Lipinski definition) is 2. The quantitative estimate of drug-likeness (QED) is 0.338. The molecule has 0 heterocycles. The van der Waals surface area contributed by atoms with Crippen molar-refractivity contribution >= 4 is 11.8 Å². The van der Waals surface area contributed by atoms with Gasteiger partial charge in [0.05, 0.1) is 4.75 Å². The molecule has 1 saturated carbocycles. The summed E-state index contributed by atoms with van der Waals surface area (Å²) in [6, 6.07) is 29.8. The predicted octanol–water partition coefficient (Wildman–Crippen LogP) is 8.98. The van der Waals surface area contributed by atoms with Crippen molar-refractivity contribution in [2.24, 2.45) is 5.73 Å². The van der Waals surface area contributed by atoms with E-state index < -0.39 is 0 Å². The third kappa shape index (κ3) is 6.60. The summed E-state index contributed by atoms with van der Waals surface area (Å²) >= 11 is 1.96. The average Bonchev–Trinajstić information content (AvgIpc) is 2.97. The zero-order valence-electron chi connectivity index (χ0n) is 21.6.